The number of rotatable bonds is 6. The molecule has 0 aromatic heterocycles. The predicted octanol–water partition coefficient (Wildman–Crippen LogP) is 4.66. The molecule has 1 amide bonds. The molecule has 0 saturated heterocycles. The monoisotopic (exact) mass is 333 g/mol. The fraction of sp³-hybridized carbons (Fsp3) is 0.136. The smallest absolute Gasteiger partial charge is 0.221 e. The van der Waals surface area contributed by atoms with E-state index in [0.29, 0.717) is 12.8 Å². The van der Waals surface area contributed by atoms with Gasteiger partial charge in [-0.05, 0) is 35.2 Å². The van der Waals surface area contributed by atoms with Gasteiger partial charge in [0.1, 0.15) is 5.82 Å². The van der Waals surface area contributed by atoms with Crippen molar-refractivity contribution in [2.75, 3.05) is 0 Å². The average molecular weight is 333 g/mol. The van der Waals surface area contributed by atoms with Gasteiger partial charge in [-0.3, -0.25) is 4.79 Å². The number of carbonyl (C=O) groups excluding carboxylic acids is 1. The lowest BCUT2D eigenvalue weighted by atomic mass is 9.98. The molecule has 0 heterocycles. The quantitative estimate of drug-likeness (QED) is 0.698. The van der Waals surface area contributed by atoms with Crippen molar-refractivity contribution in [3.63, 3.8) is 0 Å². The lowest BCUT2D eigenvalue weighted by Gasteiger charge is -2.20. The largest absolute Gasteiger partial charge is 0.345 e. The summed E-state index contributed by atoms with van der Waals surface area (Å²) >= 11 is 0. The van der Waals surface area contributed by atoms with E-state index in [1.165, 1.54) is 12.1 Å². The highest BCUT2D eigenvalue weighted by atomic mass is 19.1. The van der Waals surface area contributed by atoms with Gasteiger partial charge in [0.05, 0.1) is 6.04 Å². The van der Waals surface area contributed by atoms with Crippen LogP contribution in [-0.2, 0) is 11.2 Å². The maximum atomic E-state index is 13.0. The van der Waals surface area contributed by atoms with Crippen molar-refractivity contribution in [2.24, 2.45) is 0 Å². The van der Waals surface area contributed by atoms with Gasteiger partial charge in [0.2, 0.25) is 5.91 Å². The highest BCUT2D eigenvalue weighted by molar-refractivity contribution is 5.77. The van der Waals surface area contributed by atoms with Crippen molar-refractivity contribution in [3.05, 3.63) is 107 Å². The minimum Gasteiger partial charge on any atom is -0.345 e. The third-order valence-corrected chi connectivity index (χ3v) is 4.13. The number of halogens is 1. The summed E-state index contributed by atoms with van der Waals surface area (Å²) in [7, 11) is 0. The Morgan fingerprint density at radius 2 is 1.32 bits per heavy atom. The molecule has 3 heteroatoms. The lowest BCUT2D eigenvalue weighted by Crippen LogP contribution is -2.29. The van der Waals surface area contributed by atoms with Gasteiger partial charge in [0.15, 0.2) is 0 Å². The molecule has 126 valence electrons. The average Bonchev–Trinajstić information content (AvgIpc) is 2.67. The van der Waals surface area contributed by atoms with Crippen LogP contribution in [0.15, 0.2) is 84.9 Å². The third kappa shape index (κ3) is 4.77. The van der Waals surface area contributed by atoms with Gasteiger partial charge >= 0.3 is 0 Å². The number of nitrogens with one attached hydrogen (secondary N) is 1. The van der Waals surface area contributed by atoms with Crippen LogP contribution in [0.25, 0.3) is 0 Å². The van der Waals surface area contributed by atoms with E-state index in [2.05, 4.69) is 5.32 Å². The fourth-order valence-corrected chi connectivity index (χ4v) is 2.79. The first-order valence-electron chi connectivity index (χ1n) is 8.36. The maximum Gasteiger partial charge on any atom is 0.221 e. The van der Waals surface area contributed by atoms with Crippen LogP contribution in [0, 0.1) is 5.82 Å². The van der Waals surface area contributed by atoms with E-state index in [9.17, 15) is 9.18 Å². The summed E-state index contributed by atoms with van der Waals surface area (Å²) in [6.45, 7) is 0. The molecule has 0 aliphatic carbocycles. The third-order valence-electron chi connectivity index (χ3n) is 4.13. The maximum absolute atomic E-state index is 13.0. The van der Waals surface area contributed by atoms with Crippen molar-refractivity contribution in [3.8, 4) is 0 Å². The molecule has 2 nitrogen and oxygen atoms in total. The Morgan fingerprint density at radius 3 is 1.84 bits per heavy atom. The normalized spacial score (nSPS) is 10.6. The van der Waals surface area contributed by atoms with Crippen LogP contribution < -0.4 is 5.32 Å². The SMILES string of the molecule is O=C(CCc1ccc(F)cc1)NC(c1ccccc1)c1ccccc1. The first kappa shape index (κ1) is 16.9. The van der Waals surface area contributed by atoms with Gasteiger partial charge in [-0.15, -0.1) is 0 Å². The van der Waals surface area contributed by atoms with Crippen LogP contribution in [0.4, 0.5) is 4.39 Å². The highest BCUT2D eigenvalue weighted by Gasteiger charge is 2.16. The topological polar surface area (TPSA) is 29.1 Å². The summed E-state index contributed by atoms with van der Waals surface area (Å²) < 4.78 is 13.0. The molecule has 0 unspecified atom stereocenters. The molecule has 0 atom stereocenters. The zero-order valence-electron chi connectivity index (χ0n) is 13.9. The van der Waals surface area contributed by atoms with E-state index < -0.39 is 0 Å². The second kappa shape index (κ2) is 8.25. The minimum atomic E-state index is -0.263. The van der Waals surface area contributed by atoms with Crippen molar-refractivity contribution < 1.29 is 9.18 Å². The zero-order valence-corrected chi connectivity index (χ0v) is 13.9. The molecular weight excluding hydrogens is 313 g/mol. The molecule has 0 radical (unpaired) electrons. The Hall–Kier alpha value is -2.94. The highest BCUT2D eigenvalue weighted by Crippen LogP contribution is 2.22. The first-order valence-corrected chi connectivity index (χ1v) is 8.36. The number of hydrogen-bond acceptors (Lipinski definition) is 1. The Morgan fingerprint density at radius 1 is 0.800 bits per heavy atom. The second-order valence-electron chi connectivity index (χ2n) is 5.95. The fourth-order valence-electron chi connectivity index (χ4n) is 2.79. The Bertz CT molecular complexity index is 761. The molecule has 3 aromatic rings. The van der Waals surface area contributed by atoms with Gasteiger partial charge in [-0.2, -0.15) is 0 Å². The number of amides is 1. The summed E-state index contributed by atoms with van der Waals surface area (Å²) in [5.74, 6) is -0.288. The van der Waals surface area contributed by atoms with E-state index in [0.717, 1.165) is 16.7 Å². The summed E-state index contributed by atoms with van der Waals surface area (Å²) in [6.07, 6.45) is 0.949. The lowest BCUT2D eigenvalue weighted by molar-refractivity contribution is -0.121. The van der Waals surface area contributed by atoms with E-state index in [1.807, 2.05) is 60.7 Å². The Balaban J connectivity index is 1.69. The van der Waals surface area contributed by atoms with E-state index in [-0.39, 0.29) is 17.8 Å². The van der Waals surface area contributed by atoms with E-state index >= 15 is 0 Å². The molecule has 1 N–H and O–H groups in total. The minimum absolute atomic E-state index is 0.0259. The van der Waals surface area contributed by atoms with E-state index in [1.54, 1.807) is 12.1 Å². The van der Waals surface area contributed by atoms with Gasteiger partial charge < -0.3 is 5.32 Å². The second-order valence-corrected chi connectivity index (χ2v) is 5.95. The van der Waals surface area contributed by atoms with Crippen LogP contribution >= 0.6 is 0 Å². The summed E-state index contributed by atoms with van der Waals surface area (Å²) in [5.41, 5.74) is 3.04. The van der Waals surface area contributed by atoms with Crippen LogP contribution in [0.2, 0.25) is 0 Å². The van der Waals surface area contributed by atoms with E-state index in [4.69, 9.17) is 0 Å². The number of carbonyl (C=O) groups is 1. The summed E-state index contributed by atoms with van der Waals surface area (Å²) in [5, 5.41) is 3.12. The molecule has 0 aliphatic rings. The summed E-state index contributed by atoms with van der Waals surface area (Å²) in [4.78, 5) is 12.5. The zero-order chi connectivity index (χ0) is 17.5. The van der Waals surface area contributed by atoms with Gasteiger partial charge in [0, 0.05) is 6.42 Å². The van der Waals surface area contributed by atoms with Crippen LogP contribution in [0.1, 0.15) is 29.2 Å². The summed E-state index contributed by atoms with van der Waals surface area (Å²) in [6, 6.07) is 25.9. The number of hydrogen-bond donors (Lipinski definition) is 1. The van der Waals surface area contributed by atoms with Gasteiger partial charge in [-0.25, -0.2) is 4.39 Å². The van der Waals surface area contributed by atoms with Crippen LogP contribution in [0.3, 0.4) is 0 Å². The number of benzene rings is 3. The van der Waals surface area contributed by atoms with Crippen molar-refractivity contribution in [2.45, 2.75) is 18.9 Å². The van der Waals surface area contributed by atoms with Crippen molar-refractivity contribution in [1.29, 1.82) is 0 Å². The van der Waals surface area contributed by atoms with Gasteiger partial charge in [0.25, 0.3) is 0 Å². The Kier molecular flexibility index (Phi) is 5.57. The van der Waals surface area contributed by atoms with Crippen molar-refractivity contribution >= 4 is 5.91 Å². The molecule has 0 spiro atoms. The molecule has 3 aromatic carbocycles. The standard InChI is InChI=1S/C22H20FNO/c23-20-14-11-17(12-15-20)13-16-21(25)24-22(18-7-3-1-4-8-18)19-9-5-2-6-10-19/h1-12,14-15,22H,13,16H2,(H,24,25). The first-order chi connectivity index (χ1) is 12.2. The molecule has 0 fully saturated rings. The van der Waals surface area contributed by atoms with Crippen molar-refractivity contribution in [1.82, 2.24) is 5.32 Å². The van der Waals surface area contributed by atoms with Gasteiger partial charge in [-0.1, -0.05) is 72.8 Å². The molecule has 0 aliphatic heterocycles. The van der Waals surface area contributed by atoms with Crippen LogP contribution in [-0.4, -0.2) is 5.91 Å². The molecule has 0 saturated carbocycles. The van der Waals surface area contributed by atoms with Crippen LogP contribution in [0.5, 0.6) is 0 Å². The molecule has 3 rings (SSSR count). The Labute approximate surface area is 147 Å². The molecule has 0 bridgehead atoms. The molecule has 25 heavy (non-hydrogen) atoms. The number of aryl methyl sites for hydroxylation is 1. The molecular formula is C22H20FNO. The predicted molar refractivity (Wildman–Crippen MR) is 97.6 cm³/mol.